The van der Waals surface area contributed by atoms with Gasteiger partial charge < -0.3 is 4.74 Å². The third kappa shape index (κ3) is 1.77. The molecular formula is C11H8ClNO2. The van der Waals surface area contributed by atoms with Crippen molar-refractivity contribution in [3.05, 3.63) is 23.2 Å². The second kappa shape index (κ2) is 3.84. The lowest BCUT2D eigenvalue weighted by Crippen LogP contribution is -2.38. The van der Waals surface area contributed by atoms with E-state index in [0.717, 1.165) is 0 Å². The number of rotatable bonds is 1. The standard InChI is InChI=1S/C11H8ClNO2/c1-2-5-13-9-6-8(12)3-4-10(9)15-7-11(13)14/h1,3-4,6H,5,7H2. The molecular weight excluding hydrogens is 214 g/mol. The van der Waals surface area contributed by atoms with Crippen molar-refractivity contribution < 1.29 is 9.53 Å². The fourth-order valence-corrected chi connectivity index (χ4v) is 1.61. The van der Waals surface area contributed by atoms with Gasteiger partial charge >= 0.3 is 0 Å². The monoisotopic (exact) mass is 221 g/mol. The first-order chi connectivity index (χ1) is 7.22. The Bertz CT molecular complexity index is 450. The zero-order valence-corrected chi connectivity index (χ0v) is 8.62. The van der Waals surface area contributed by atoms with Crippen LogP contribution in [0.4, 0.5) is 5.69 Å². The summed E-state index contributed by atoms with van der Waals surface area (Å²) in [7, 11) is 0. The molecule has 2 rings (SSSR count). The quantitative estimate of drug-likeness (QED) is 0.676. The Labute approximate surface area is 92.6 Å². The third-order valence-electron chi connectivity index (χ3n) is 2.11. The molecule has 1 aliphatic rings. The summed E-state index contributed by atoms with van der Waals surface area (Å²) in [4.78, 5) is 13.0. The van der Waals surface area contributed by atoms with Crippen molar-refractivity contribution in [2.24, 2.45) is 0 Å². The lowest BCUT2D eigenvalue weighted by Gasteiger charge is -2.27. The van der Waals surface area contributed by atoms with Crippen molar-refractivity contribution in [2.75, 3.05) is 18.1 Å². The smallest absolute Gasteiger partial charge is 0.265 e. The van der Waals surface area contributed by atoms with Crippen LogP contribution in [0.1, 0.15) is 0 Å². The minimum atomic E-state index is -0.150. The van der Waals surface area contributed by atoms with Crippen LogP contribution in [-0.4, -0.2) is 19.1 Å². The van der Waals surface area contributed by atoms with Crippen LogP contribution in [0.2, 0.25) is 5.02 Å². The number of hydrogen-bond donors (Lipinski definition) is 0. The molecule has 15 heavy (non-hydrogen) atoms. The number of carbonyl (C=O) groups excluding carboxylic acids is 1. The molecule has 0 saturated heterocycles. The molecule has 1 aromatic rings. The topological polar surface area (TPSA) is 29.5 Å². The first-order valence-electron chi connectivity index (χ1n) is 4.38. The molecule has 0 bridgehead atoms. The van der Waals surface area contributed by atoms with Gasteiger partial charge in [-0.05, 0) is 18.2 Å². The van der Waals surface area contributed by atoms with Crippen LogP contribution < -0.4 is 9.64 Å². The fourth-order valence-electron chi connectivity index (χ4n) is 1.44. The maximum atomic E-state index is 11.5. The third-order valence-corrected chi connectivity index (χ3v) is 2.35. The van der Waals surface area contributed by atoms with E-state index in [9.17, 15) is 4.79 Å². The van der Waals surface area contributed by atoms with Crippen molar-refractivity contribution in [1.82, 2.24) is 0 Å². The molecule has 1 heterocycles. The van der Waals surface area contributed by atoms with E-state index in [-0.39, 0.29) is 19.1 Å². The van der Waals surface area contributed by atoms with E-state index < -0.39 is 0 Å². The largest absolute Gasteiger partial charge is 0.482 e. The van der Waals surface area contributed by atoms with Gasteiger partial charge in [0.15, 0.2) is 6.61 Å². The molecule has 0 unspecified atom stereocenters. The van der Waals surface area contributed by atoms with E-state index in [0.29, 0.717) is 16.5 Å². The van der Waals surface area contributed by atoms with Gasteiger partial charge in [0, 0.05) is 5.02 Å². The first kappa shape index (κ1) is 9.88. The van der Waals surface area contributed by atoms with Gasteiger partial charge in [0.1, 0.15) is 5.75 Å². The second-order valence-corrected chi connectivity index (χ2v) is 3.52. The molecule has 1 amide bonds. The van der Waals surface area contributed by atoms with Crippen molar-refractivity contribution in [2.45, 2.75) is 0 Å². The summed E-state index contributed by atoms with van der Waals surface area (Å²) < 4.78 is 5.25. The van der Waals surface area contributed by atoms with E-state index in [4.69, 9.17) is 22.8 Å². The van der Waals surface area contributed by atoms with Crippen LogP contribution in [0, 0.1) is 12.3 Å². The van der Waals surface area contributed by atoms with E-state index in [2.05, 4.69) is 5.92 Å². The summed E-state index contributed by atoms with van der Waals surface area (Å²) in [6.45, 7) is 0.256. The Morgan fingerprint density at radius 2 is 2.40 bits per heavy atom. The van der Waals surface area contributed by atoms with Gasteiger partial charge in [-0.2, -0.15) is 0 Å². The van der Waals surface area contributed by atoms with E-state index >= 15 is 0 Å². The van der Waals surface area contributed by atoms with Gasteiger partial charge in [-0.3, -0.25) is 9.69 Å². The number of terminal acetylenes is 1. The maximum Gasteiger partial charge on any atom is 0.265 e. The Kier molecular flexibility index (Phi) is 2.53. The Balaban J connectivity index is 2.46. The highest BCUT2D eigenvalue weighted by atomic mass is 35.5. The maximum absolute atomic E-state index is 11.5. The first-order valence-corrected chi connectivity index (χ1v) is 4.76. The molecule has 1 aliphatic heterocycles. The van der Waals surface area contributed by atoms with Crippen LogP contribution in [0.25, 0.3) is 0 Å². The molecule has 0 spiro atoms. The normalized spacial score (nSPS) is 14.1. The average Bonchev–Trinajstić information content (AvgIpc) is 2.23. The summed E-state index contributed by atoms with van der Waals surface area (Å²) >= 11 is 5.84. The van der Waals surface area contributed by atoms with Gasteiger partial charge in [0.05, 0.1) is 12.2 Å². The number of fused-ring (bicyclic) bond motifs is 1. The second-order valence-electron chi connectivity index (χ2n) is 3.08. The molecule has 4 heteroatoms. The number of anilines is 1. The minimum absolute atomic E-state index is 0.0241. The van der Waals surface area contributed by atoms with Crippen molar-refractivity contribution in [3.8, 4) is 18.1 Å². The number of nitrogens with zero attached hydrogens (tertiary/aromatic N) is 1. The highest BCUT2D eigenvalue weighted by molar-refractivity contribution is 6.31. The molecule has 0 N–H and O–H groups in total. The molecule has 0 fully saturated rings. The summed E-state index contributed by atoms with van der Waals surface area (Å²) in [6, 6.07) is 5.11. The minimum Gasteiger partial charge on any atom is -0.482 e. The van der Waals surface area contributed by atoms with Crippen LogP contribution in [0.5, 0.6) is 5.75 Å². The van der Waals surface area contributed by atoms with Gasteiger partial charge in [0.25, 0.3) is 5.91 Å². The molecule has 76 valence electrons. The van der Waals surface area contributed by atoms with E-state index in [1.807, 2.05) is 0 Å². The fraction of sp³-hybridized carbons (Fsp3) is 0.182. The molecule has 3 nitrogen and oxygen atoms in total. The Morgan fingerprint density at radius 1 is 1.60 bits per heavy atom. The lowest BCUT2D eigenvalue weighted by atomic mass is 10.2. The summed E-state index contributed by atoms with van der Waals surface area (Å²) in [6.07, 6.45) is 5.20. The molecule has 0 aromatic heterocycles. The van der Waals surface area contributed by atoms with Crippen molar-refractivity contribution in [1.29, 1.82) is 0 Å². The Morgan fingerprint density at radius 3 is 3.13 bits per heavy atom. The number of carbonyl (C=O) groups is 1. The Hall–Kier alpha value is -1.66. The van der Waals surface area contributed by atoms with Gasteiger partial charge in [-0.1, -0.05) is 17.5 Å². The van der Waals surface area contributed by atoms with Crippen molar-refractivity contribution in [3.63, 3.8) is 0 Å². The van der Waals surface area contributed by atoms with Crippen LogP contribution >= 0.6 is 11.6 Å². The molecule has 1 aromatic carbocycles. The molecule has 0 aliphatic carbocycles. The predicted molar refractivity (Wildman–Crippen MR) is 58.1 cm³/mol. The highest BCUT2D eigenvalue weighted by Gasteiger charge is 2.24. The van der Waals surface area contributed by atoms with Crippen LogP contribution in [0.15, 0.2) is 18.2 Å². The van der Waals surface area contributed by atoms with E-state index in [1.165, 1.54) is 4.90 Å². The number of halogens is 1. The number of hydrogen-bond acceptors (Lipinski definition) is 2. The van der Waals surface area contributed by atoms with Gasteiger partial charge in [-0.15, -0.1) is 6.42 Å². The predicted octanol–water partition coefficient (Wildman–Crippen LogP) is 1.70. The van der Waals surface area contributed by atoms with Gasteiger partial charge in [-0.25, -0.2) is 0 Å². The summed E-state index contributed by atoms with van der Waals surface area (Å²) in [5.74, 6) is 2.92. The van der Waals surface area contributed by atoms with Crippen LogP contribution in [-0.2, 0) is 4.79 Å². The van der Waals surface area contributed by atoms with Crippen LogP contribution in [0.3, 0.4) is 0 Å². The average molecular weight is 222 g/mol. The number of ether oxygens (including phenoxy) is 1. The molecule has 0 saturated carbocycles. The zero-order valence-electron chi connectivity index (χ0n) is 7.87. The summed E-state index contributed by atoms with van der Waals surface area (Å²) in [5, 5.41) is 0.550. The highest BCUT2D eigenvalue weighted by Crippen LogP contribution is 2.33. The molecule has 0 atom stereocenters. The summed E-state index contributed by atoms with van der Waals surface area (Å²) in [5.41, 5.74) is 0.636. The number of benzene rings is 1. The van der Waals surface area contributed by atoms with Gasteiger partial charge in [0.2, 0.25) is 0 Å². The number of amides is 1. The molecule has 0 radical (unpaired) electrons. The van der Waals surface area contributed by atoms with E-state index in [1.54, 1.807) is 18.2 Å². The SMILES string of the molecule is C#CCN1C(=O)COc2ccc(Cl)cc21. The lowest BCUT2D eigenvalue weighted by molar-refractivity contribution is -0.121. The van der Waals surface area contributed by atoms with Crippen molar-refractivity contribution >= 4 is 23.2 Å². The zero-order chi connectivity index (χ0) is 10.8.